The standard InChI is InChI=1S/C19H24F4N6O4/c1-9(2)24-18(31)33-15-5-10(4-12(15)20)13-7-16(27-26-13)25-17(30)14-6-11(28-29(14)3)8-32-19(21,22)23/h6-7,9-10,12,15H,4-5,8H2,1-3H3,(H,24,31)(H2,25,26,27,30)/t10-,12+,15-/m0/s1. The number of nitrogens with zero attached hydrogens (tertiary/aromatic N) is 3. The average molecular weight is 476 g/mol. The number of carbonyl (C=O) groups is 2. The number of alkyl carbamates (subject to hydrolysis) is 1. The lowest BCUT2D eigenvalue weighted by atomic mass is 10.0. The van der Waals surface area contributed by atoms with Crippen LogP contribution >= 0.6 is 0 Å². The zero-order valence-electron chi connectivity index (χ0n) is 18.1. The van der Waals surface area contributed by atoms with E-state index in [0.717, 1.165) is 4.68 Å². The van der Waals surface area contributed by atoms with Crippen LogP contribution < -0.4 is 10.6 Å². The van der Waals surface area contributed by atoms with E-state index in [0.29, 0.717) is 5.69 Å². The number of H-pyrrole nitrogens is 1. The van der Waals surface area contributed by atoms with E-state index in [1.807, 2.05) is 0 Å². The van der Waals surface area contributed by atoms with Gasteiger partial charge in [-0.2, -0.15) is 10.2 Å². The zero-order chi connectivity index (χ0) is 24.3. The summed E-state index contributed by atoms with van der Waals surface area (Å²) in [5.74, 6) is -0.817. The molecule has 1 saturated carbocycles. The van der Waals surface area contributed by atoms with Gasteiger partial charge in [0, 0.05) is 30.8 Å². The summed E-state index contributed by atoms with van der Waals surface area (Å²) in [7, 11) is 1.40. The summed E-state index contributed by atoms with van der Waals surface area (Å²) in [6.45, 7) is 2.69. The third-order valence-corrected chi connectivity index (χ3v) is 4.92. The molecule has 1 aliphatic rings. The molecule has 0 radical (unpaired) electrons. The lowest BCUT2D eigenvalue weighted by Gasteiger charge is -2.16. The van der Waals surface area contributed by atoms with Crippen molar-refractivity contribution in [1.82, 2.24) is 25.3 Å². The topological polar surface area (TPSA) is 123 Å². The van der Waals surface area contributed by atoms with Crippen LogP contribution in [0.3, 0.4) is 0 Å². The van der Waals surface area contributed by atoms with Crippen molar-refractivity contribution in [3.8, 4) is 0 Å². The van der Waals surface area contributed by atoms with Crippen molar-refractivity contribution in [2.45, 2.75) is 63.9 Å². The van der Waals surface area contributed by atoms with Gasteiger partial charge in [-0.15, -0.1) is 13.2 Å². The van der Waals surface area contributed by atoms with Crippen LogP contribution in [0.15, 0.2) is 12.1 Å². The van der Waals surface area contributed by atoms with E-state index in [1.54, 1.807) is 13.8 Å². The molecule has 2 aromatic heterocycles. The number of rotatable bonds is 7. The Hall–Kier alpha value is -3.16. The van der Waals surface area contributed by atoms with Crippen LogP contribution in [0.5, 0.6) is 0 Å². The molecule has 182 valence electrons. The van der Waals surface area contributed by atoms with Crippen LogP contribution in [0.1, 0.15) is 54.5 Å². The van der Waals surface area contributed by atoms with E-state index in [9.17, 15) is 27.2 Å². The first-order chi connectivity index (χ1) is 15.4. The maximum absolute atomic E-state index is 14.3. The quantitative estimate of drug-likeness (QED) is 0.528. The van der Waals surface area contributed by atoms with Gasteiger partial charge in [0.05, 0.1) is 5.69 Å². The molecule has 3 atom stereocenters. The van der Waals surface area contributed by atoms with Crippen molar-refractivity contribution in [1.29, 1.82) is 0 Å². The van der Waals surface area contributed by atoms with Gasteiger partial charge in [-0.25, -0.2) is 9.18 Å². The van der Waals surface area contributed by atoms with E-state index in [2.05, 4.69) is 30.7 Å². The number of carbonyl (C=O) groups excluding carboxylic acids is 2. The Labute approximate surface area is 186 Å². The minimum atomic E-state index is -4.81. The average Bonchev–Trinajstić information content (AvgIpc) is 3.38. The molecule has 0 aromatic carbocycles. The number of aromatic amines is 1. The Morgan fingerprint density at radius 1 is 1.30 bits per heavy atom. The Morgan fingerprint density at radius 2 is 2.03 bits per heavy atom. The first-order valence-corrected chi connectivity index (χ1v) is 10.1. The summed E-state index contributed by atoms with van der Waals surface area (Å²) in [6, 6.07) is 2.55. The molecule has 14 heteroatoms. The lowest BCUT2D eigenvalue weighted by molar-refractivity contribution is -0.330. The van der Waals surface area contributed by atoms with Crippen LogP contribution in [0.2, 0.25) is 0 Å². The predicted octanol–water partition coefficient (Wildman–Crippen LogP) is 3.15. The number of nitrogens with one attached hydrogen (secondary N) is 3. The van der Waals surface area contributed by atoms with E-state index in [4.69, 9.17) is 4.74 Å². The van der Waals surface area contributed by atoms with Gasteiger partial charge in [-0.05, 0) is 32.8 Å². The summed E-state index contributed by atoms with van der Waals surface area (Å²) in [6.07, 6.45) is -7.39. The van der Waals surface area contributed by atoms with Crippen molar-refractivity contribution in [2.24, 2.45) is 7.05 Å². The fourth-order valence-electron chi connectivity index (χ4n) is 3.49. The smallest absolute Gasteiger partial charge is 0.443 e. The number of amides is 2. The lowest BCUT2D eigenvalue weighted by Crippen LogP contribution is -2.35. The first kappa shape index (κ1) is 24.5. The van der Waals surface area contributed by atoms with Gasteiger partial charge >= 0.3 is 12.5 Å². The monoisotopic (exact) mass is 476 g/mol. The van der Waals surface area contributed by atoms with Crippen molar-refractivity contribution in [2.75, 3.05) is 5.32 Å². The van der Waals surface area contributed by atoms with Gasteiger partial charge < -0.3 is 15.4 Å². The number of ether oxygens (including phenoxy) is 2. The molecule has 0 saturated heterocycles. The molecule has 0 unspecified atom stereocenters. The van der Waals surface area contributed by atoms with Crippen LogP contribution in [0.4, 0.5) is 28.2 Å². The maximum atomic E-state index is 14.3. The molecule has 1 fully saturated rings. The zero-order valence-corrected chi connectivity index (χ0v) is 18.1. The molecule has 0 bridgehead atoms. The van der Waals surface area contributed by atoms with Crippen molar-refractivity contribution < 1.29 is 36.6 Å². The molecule has 10 nitrogen and oxygen atoms in total. The Balaban J connectivity index is 1.58. The largest absolute Gasteiger partial charge is 0.522 e. The number of anilines is 1. The van der Waals surface area contributed by atoms with Gasteiger partial charge in [-0.1, -0.05) is 0 Å². The van der Waals surface area contributed by atoms with Gasteiger partial charge in [0.25, 0.3) is 5.91 Å². The molecule has 2 aromatic rings. The summed E-state index contributed by atoms with van der Waals surface area (Å²) in [5, 5.41) is 15.6. The molecular formula is C19H24F4N6O4. The highest BCUT2D eigenvalue weighted by Crippen LogP contribution is 2.37. The van der Waals surface area contributed by atoms with Crippen LogP contribution in [-0.2, 0) is 23.1 Å². The fourth-order valence-corrected chi connectivity index (χ4v) is 3.49. The van der Waals surface area contributed by atoms with Gasteiger partial charge in [-0.3, -0.25) is 19.3 Å². The molecule has 2 amide bonds. The summed E-state index contributed by atoms with van der Waals surface area (Å²) in [4.78, 5) is 24.2. The van der Waals surface area contributed by atoms with Crippen molar-refractivity contribution in [3.63, 3.8) is 0 Å². The maximum Gasteiger partial charge on any atom is 0.522 e. The minimum absolute atomic E-state index is 0.00496. The normalized spacial score (nSPS) is 20.8. The van der Waals surface area contributed by atoms with Crippen molar-refractivity contribution >= 4 is 17.8 Å². The van der Waals surface area contributed by atoms with E-state index >= 15 is 0 Å². The molecule has 33 heavy (non-hydrogen) atoms. The fraction of sp³-hybridized carbons (Fsp3) is 0.579. The SMILES string of the molecule is CC(C)NC(=O)O[C@H]1C[C@@H](c2cc(NC(=O)c3cc(COC(F)(F)F)nn3C)n[nH]2)C[C@H]1F. The van der Waals surface area contributed by atoms with Crippen molar-refractivity contribution in [3.05, 3.63) is 29.2 Å². The number of aryl methyl sites for hydroxylation is 1. The molecular weight excluding hydrogens is 452 g/mol. The predicted molar refractivity (Wildman–Crippen MR) is 106 cm³/mol. The summed E-state index contributed by atoms with van der Waals surface area (Å²) in [5.41, 5.74) is 0.470. The molecule has 0 spiro atoms. The molecule has 3 rings (SSSR count). The summed E-state index contributed by atoms with van der Waals surface area (Å²) >= 11 is 0. The number of hydrogen-bond donors (Lipinski definition) is 3. The molecule has 3 N–H and O–H groups in total. The molecule has 0 aliphatic heterocycles. The van der Waals surface area contributed by atoms with Crippen LogP contribution in [0.25, 0.3) is 0 Å². The van der Waals surface area contributed by atoms with Gasteiger partial charge in [0.15, 0.2) is 5.82 Å². The number of halogens is 4. The third-order valence-electron chi connectivity index (χ3n) is 4.92. The number of aromatic nitrogens is 4. The van der Waals surface area contributed by atoms with Gasteiger partial charge in [0.2, 0.25) is 0 Å². The second-order valence-electron chi connectivity index (χ2n) is 7.97. The summed E-state index contributed by atoms with van der Waals surface area (Å²) < 4.78 is 60.9. The number of hydrogen-bond acceptors (Lipinski definition) is 6. The molecule has 1 aliphatic carbocycles. The second-order valence-corrected chi connectivity index (χ2v) is 7.97. The van der Waals surface area contributed by atoms with E-state index < -0.39 is 37.2 Å². The second kappa shape index (κ2) is 9.77. The highest BCUT2D eigenvalue weighted by molar-refractivity contribution is 6.02. The minimum Gasteiger partial charge on any atom is -0.443 e. The number of alkyl halides is 4. The molecule has 2 heterocycles. The van der Waals surface area contributed by atoms with Crippen LogP contribution in [-0.4, -0.2) is 56.7 Å². The highest BCUT2D eigenvalue weighted by atomic mass is 19.4. The Morgan fingerprint density at radius 3 is 2.70 bits per heavy atom. The highest BCUT2D eigenvalue weighted by Gasteiger charge is 2.39. The van der Waals surface area contributed by atoms with E-state index in [1.165, 1.54) is 19.2 Å². The first-order valence-electron chi connectivity index (χ1n) is 10.1. The Bertz CT molecular complexity index is 989. The van der Waals surface area contributed by atoms with Crippen LogP contribution in [0, 0.1) is 0 Å². The van der Waals surface area contributed by atoms with E-state index in [-0.39, 0.29) is 42.0 Å². The third kappa shape index (κ3) is 6.66. The van der Waals surface area contributed by atoms with Gasteiger partial charge in [0.1, 0.15) is 24.6 Å². The Kier molecular flexibility index (Phi) is 7.25.